The predicted molar refractivity (Wildman–Crippen MR) is 128 cm³/mol. The zero-order valence-corrected chi connectivity index (χ0v) is 19.0. The fourth-order valence-corrected chi connectivity index (χ4v) is 6.08. The molecule has 8 heteroatoms. The van der Waals surface area contributed by atoms with E-state index >= 15 is 0 Å². The van der Waals surface area contributed by atoms with Crippen molar-refractivity contribution >= 4 is 33.0 Å². The van der Waals surface area contributed by atoms with Crippen LogP contribution in [-0.2, 0) is 21.2 Å². The van der Waals surface area contributed by atoms with E-state index in [1.54, 1.807) is 18.3 Å². The highest BCUT2D eigenvalue weighted by Gasteiger charge is 2.32. The van der Waals surface area contributed by atoms with Gasteiger partial charge in [0.2, 0.25) is 15.9 Å². The Bertz CT molecular complexity index is 1260. The first-order valence-corrected chi connectivity index (χ1v) is 12.6. The lowest BCUT2D eigenvalue weighted by molar-refractivity contribution is -0.120. The molecular weight excluding hydrogens is 436 g/mol. The van der Waals surface area contributed by atoms with E-state index in [0.717, 1.165) is 24.3 Å². The van der Waals surface area contributed by atoms with Crippen LogP contribution < -0.4 is 10.2 Å². The molecule has 170 valence electrons. The Morgan fingerprint density at radius 3 is 2.39 bits per heavy atom. The lowest BCUT2D eigenvalue weighted by Crippen LogP contribution is -2.41. The van der Waals surface area contributed by atoms with Gasteiger partial charge in [-0.15, -0.1) is 0 Å². The number of aromatic nitrogens is 1. The molecule has 3 aromatic rings. The molecule has 1 fully saturated rings. The monoisotopic (exact) mass is 462 g/mol. The van der Waals surface area contributed by atoms with Crippen molar-refractivity contribution in [1.29, 1.82) is 0 Å². The van der Waals surface area contributed by atoms with E-state index in [4.69, 9.17) is 0 Å². The number of piperidine rings is 1. The van der Waals surface area contributed by atoms with Crippen LogP contribution in [0.25, 0.3) is 0 Å². The number of carbonyl (C=O) groups is 1. The van der Waals surface area contributed by atoms with Crippen LogP contribution in [0.3, 0.4) is 0 Å². The number of rotatable bonds is 5. The van der Waals surface area contributed by atoms with E-state index in [2.05, 4.69) is 33.4 Å². The number of amides is 1. The average molecular weight is 463 g/mol. The summed E-state index contributed by atoms with van der Waals surface area (Å²) in [4.78, 5) is 19.4. The van der Waals surface area contributed by atoms with E-state index < -0.39 is 10.0 Å². The third-order valence-electron chi connectivity index (χ3n) is 6.44. The predicted octanol–water partition coefficient (Wildman–Crippen LogP) is 3.82. The van der Waals surface area contributed by atoms with Crippen LogP contribution in [0.4, 0.5) is 17.1 Å². The van der Waals surface area contributed by atoms with Crippen LogP contribution in [0.5, 0.6) is 0 Å². The van der Waals surface area contributed by atoms with Crippen LogP contribution in [-0.4, -0.2) is 43.2 Å². The Morgan fingerprint density at radius 1 is 0.909 bits per heavy atom. The smallest absolute Gasteiger partial charge is 0.244 e. The highest BCUT2D eigenvalue weighted by molar-refractivity contribution is 7.89. The van der Waals surface area contributed by atoms with E-state index in [1.807, 2.05) is 30.3 Å². The Hall–Kier alpha value is -3.23. The molecule has 0 saturated carbocycles. The van der Waals surface area contributed by atoms with Gasteiger partial charge >= 0.3 is 0 Å². The summed E-state index contributed by atoms with van der Waals surface area (Å²) in [5.41, 5.74) is 4.24. The van der Waals surface area contributed by atoms with Gasteiger partial charge in [0, 0.05) is 43.6 Å². The summed E-state index contributed by atoms with van der Waals surface area (Å²) in [5, 5.41) is 3.11. The van der Waals surface area contributed by atoms with Gasteiger partial charge in [-0.05, 0) is 55.2 Å². The Kier molecular flexibility index (Phi) is 5.86. The first-order chi connectivity index (χ1) is 16.0. The quantitative estimate of drug-likeness (QED) is 0.623. The molecule has 0 aliphatic carbocycles. The lowest BCUT2D eigenvalue weighted by Gasteiger charge is -2.31. The summed E-state index contributed by atoms with van der Waals surface area (Å²) >= 11 is 0. The maximum atomic E-state index is 13.1. The highest BCUT2D eigenvalue weighted by Crippen LogP contribution is 2.38. The maximum Gasteiger partial charge on any atom is 0.244 e. The SMILES string of the molecule is O=C(Nc1ccccc1N1CCc2ccccc21)C1CCN(S(=O)(=O)c2cccnc2)CC1. The molecule has 1 saturated heterocycles. The number of sulfonamides is 1. The van der Waals surface area contributed by atoms with Crippen molar-refractivity contribution in [2.24, 2.45) is 5.92 Å². The molecule has 7 nitrogen and oxygen atoms in total. The van der Waals surface area contributed by atoms with Gasteiger partial charge in [-0.3, -0.25) is 9.78 Å². The standard InChI is InChI=1S/C25H26N4O3S/c30-25(20-11-15-28(16-12-20)33(31,32)21-7-5-14-26-18-21)27-22-8-2-4-10-24(22)29-17-13-19-6-1-3-9-23(19)29/h1-10,14,18,20H,11-13,15-17H2,(H,27,30). The van der Waals surface area contributed by atoms with Gasteiger partial charge in [0.1, 0.15) is 4.90 Å². The van der Waals surface area contributed by atoms with Crippen LogP contribution in [0.15, 0.2) is 78.0 Å². The molecule has 3 heterocycles. The molecular formula is C25H26N4O3S. The topological polar surface area (TPSA) is 82.6 Å². The molecule has 0 unspecified atom stereocenters. The molecule has 1 N–H and O–H groups in total. The number of carbonyl (C=O) groups excluding carboxylic acids is 1. The third-order valence-corrected chi connectivity index (χ3v) is 8.32. The summed E-state index contributed by atoms with van der Waals surface area (Å²) < 4.78 is 27.1. The number of para-hydroxylation sites is 3. The van der Waals surface area contributed by atoms with E-state index in [1.165, 1.54) is 21.8 Å². The zero-order valence-electron chi connectivity index (χ0n) is 18.2. The molecule has 0 bridgehead atoms. The number of hydrogen-bond acceptors (Lipinski definition) is 5. The molecule has 0 spiro atoms. The summed E-state index contributed by atoms with van der Waals surface area (Å²) in [6.45, 7) is 1.50. The van der Waals surface area contributed by atoms with Gasteiger partial charge in [0.05, 0.1) is 11.4 Å². The molecule has 2 aliphatic rings. The summed E-state index contributed by atoms with van der Waals surface area (Å²) in [7, 11) is -3.58. The minimum atomic E-state index is -3.58. The Balaban J connectivity index is 1.27. The minimum Gasteiger partial charge on any atom is -0.339 e. The lowest BCUT2D eigenvalue weighted by atomic mass is 9.97. The first kappa shape index (κ1) is 21.6. The maximum absolute atomic E-state index is 13.1. The van der Waals surface area contributed by atoms with Crippen molar-refractivity contribution in [2.45, 2.75) is 24.2 Å². The van der Waals surface area contributed by atoms with Crippen LogP contribution >= 0.6 is 0 Å². The molecule has 0 atom stereocenters. The van der Waals surface area contributed by atoms with Crippen LogP contribution in [0.1, 0.15) is 18.4 Å². The second-order valence-corrected chi connectivity index (χ2v) is 10.3. The molecule has 2 aliphatic heterocycles. The molecule has 0 radical (unpaired) electrons. The highest BCUT2D eigenvalue weighted by atomic mass is 32.2. The molecule has 1 aromatic heterocycles. The Morgan fingerprint density at radius 2 is 1.64 bits per heavy atom. The van der Waals surface area contributed by atoms with Crippen LogP contribution in [0.2, 0.25) is 0 Å². The van der Waals surface area contributed by atoms with Gasteiger partial charge in [-0.25, -0.2) is 8.42 Å². The normalized spacial score (nSPS) is 17.0. The molecule has 2 aromatic carbocycles. The van der Waals surface area contributed by atoms with Gasteiger partial charge in [0.25, 0.3) is 0 Å². The number of nitrogens with zero attached hydrogens (tertiary/aromatic N) is 3. The molecule has 33 heavy (non-hydrogen) atoms. The zero-order chi connectivity index (χ0) is 22.8. The molecule has 1 amide bonds. The van der Waals surface area contributed by atoms with Crippen molar-refractivity contribution in [3.8, 4) is 0 Å². The van der Waals surface area contributed by atoms with Crippen molar-refractivity contribution < 1.29 is 13.2 Å². The van der Waals surface area contributed by atoms with Crippen molar-refractivity contribution in [3.05, 3.63) is 78.6 Å². The van der Waals surface area contributed by atoms with E-state index in [-0.39, 0.29) is 16.7 Å². The number of fused-ring (bicyclic) bond motifs is 1. The number of hydrogen-bond donors (Lipinski definition) is 1. The number of pyridine rings is 1. The minimum absolute atomic E-state index is 0.0617. The second-order valence-electron chi connectivity index (χ2n) is 8.40. The number of nitrogens with one attached hydrogen (secondary N) is 1. The number of benzene rings is 2. The van der Waals surface area contributed by atoms with Gasteiger partial charge in [-0.2, -0.15) is 4.31 Å². The fraction of sp³-hybridized carbons (Fsp3) is 0.280. The van der Waals surface area contributed by atoms with Gasteiger partial charge < -0.3 is 10.2 Å². The summed E-state index contributed by atoms with van der Waals surface area (Å²) in [6.07, 6.45) is 4.86. The van der Waals surface area contributed by atoms with Crippen molar-refractivity contribution in [3.63, 3.8) is 0 Å². The van der Waals surface area contributed by atoms with E-state index in [9.17, 15) is 13.2 Å². The van der Waals surface area contributed by atoms with Gasteiger partial charge in [0.15, 0.2) is 0 Å². The summed E-state index contributed by atoms with van der Waals surface area (Å²) in [5.74, 6) is -0.294. The van der Waals surface area contributed by atoms with Crippen molar-refractivity contribution in [1.82, 2.24) is 9.29 Å². The first-order valence-electron chi connectivity index (χ1n) is 11.2. The molecule has 5 rings (SSSR count). The number of anilines is 3. The van der Waals surface area contributed by atoms with Crippen molar-refractivity contribution in [2.75, 3.05) is 29.9 Å². The third kappa shape index (κ3) is 4.24. The largest absolute Gasteiger partial charge is 0.339 e. The average Bonchev–Trinajstić information content (AvgIpc) is 3.29. The van der Waals surface area contributed by atoms with E-state index in [0.29, 0.717) is 25.9 Å². The van der Waals surface area contributed by atoms with Gasteiger partial charge in [-0.1, -0.05) is 30.3 Å². The second kappa shape index (κ2) is 8.96. The Labute approximate surface area is 194 Å². The summed E-state index contributed by atoms with van der Waals surface area (Å²) in [6, 6.07) is 19.4. The fourth-order valence-electron chi connectivity index (χ4n) is 4.65. The van der Waals surface area contributed by atoms with Crippen LogP contribution in [0, 0.1) is 5.92 Å².